The Bertz CT molecular complexity index is 1230. The van der Waals surface area contributed by atoms with E-state index in [2.05, 4.69) is 9.69 Å². The molecule has 0 aliphatic heterocycles. The maximum atomic E-state index is 13.9. The maximum absolute atomic E-state index is 13.9. The van der Waals surface area contributed by atoms with Gasteiger partial charge in [-0.2, -0.15) is 4.37 Å². The lowest BCUT2D eigenvalue weighted by molar-refractivity contribution is -0.122. The van der Waals surface area contributed by atoms with E-state index in [1.807, 2.05) is 31.1 Å². The van der Waals surface area contributed by atoms with E-state index in [4.69, 9.17) is 16.2 Å². The summed E-state index contributed by atoms with van der Waals surface area (Å²) in [6.45, 7) is 0.452. The number of rotatable bonds is 10. The molecule has 0 bridgehead atoms. The minimum Gasteiger partial charge on any atom is -0.395 e. The zero-order chi connectivity index (χ0) is 26.4. The number of benzene rings is 2. The minimum atomic E-state index is -1.17. The normalized spacial score (nSPS) is 11.6. The first-order chi connectivity index (χ1) is 17.1. The van der Waals surface area contributed by atoms with Gasteiger partial charge in [-0.3, -0.25) is 19.3 Å². The summed E-state index contributed by atoms with van der Waals surface area (Å²) in [5.74, 6) is -2.60. The Morgan fingerprint density at radius 3 is 2.22 bits per heavy atom. The summed E-state index contributed by atoms with van der Waals surface area (Å²) in [6, 6.07) is 11.0. The summed E-state index contributed by atoms with van der Waals surface area (Å²) in [4.78, 5) is 42.0. The van der Waals surface area contributed by atoms with E-state index in [-0.39, 0.29) is 35.1 Å². The Morgan fingerprint density at radius 2 is 1.69 bits per heavy atom. The van der Waals surface area contributed by atoms with E-state index in [9.17, 15) is 18.8 Å². The summed E-state index contributed by atoms with van der Waals surface area (Å²) in [5.41, 5.74) is 12.5. The van der Waals surface area contributed by atoms with E-state index in [0.29, 0.717) is 17.1 Å². The molecule has 36 heavy (non-hydrogen) atoms. The van der Waals surface area contributed by atoms with Crippen molar-refractivity contribution in [1.29, 1.82) is 0 Å². The number of ether oxygens (including phenoxy) is 1. The fraction of sp³-hybridized carbons (Fsp3) is 0.250. The molecule has 3 rings (SSSR count). The highest BCUT2D eigenvalue weighted by Gasteiger charge is 2.36. The van der Waals surface area contributed by atoms with Crippen molar-refractivity contribution < 1.29 is 23.5 Å². The number of carbonyl (C=O) groups excluding carboxylic acids is 3. The fourth-order valence-corrected chi connectivity index (χ4v) is 4.21. The average Bonchev–Trinajstić information content (AvgIpc) is 3.24. The van der Waals surface area contributed by atoms with Crippen LogP contribution in [0, 0.1) is 5.82 Å². The zero-order valence-electron chi connectivity index (χ0n) is 20.0. The van der Waals surface area contributed by atoms with E-state index in [1.54, 1.807) is 12.1 Å². The predicted octanol–water partition coefficient (Wildman–Crippen LogP) is 2.18. The topological polar surface area (TPSA) is 144 Å². The zero-order valence-corrected chi connectivity index (χ0v) is 20.8. The number of nitrogens with zero attached hydrogens (tertiary/aromatic N) is 3. The van der Waals surface area contributed by atoms with Crippen LogP contribution in [0.5, 0.6) is 0 Å². The van der Waals surface area contributed by atoms with Crippen molar-refractivity contribution in [3.05, 3.63) is 70.5 Å². The molecule has 0 saturated carbocycles. The highest BCUT2D eigenvalue weighted by atomic mass is 32.1. The quantitative estimate of drug-likeness (QED) is 0.352. The van der Waals surface area contributed by atoms with Crippen molar-refractivity contribution in [2.45, 2.75) is 6.04 Å². The van der Waals surface area contributed by atoms with E-state index < -0.39 is 29.6 Å². The van der Waals surface area contributed by atoms with Crippen LogP contribution in [0.1, 0.15) is 31.8 Å². The van der Waals surface area contributed by atoms with Crippen LogP contribution < -0.4 is 26.6 Å². The average molecular weight is 515 g/mol. The van der Waals surface area contributed by atoms with Crippen molar-refractivity contribution in [3.63, 3.8) is 0 Å². The Balaban J connectivity index is 2.17. The van der Waals surface area contributed by atoms with Crippen LogP contribution in [0.3, 0.4) is 0 Å². The van der Waals surface area contributed by atoms with Crippen LogP contribution in [0.15, 0.2) is 48.5 Å². The number of nitrogen functional groups attached to an aromatic ring is 1. The highest BCUT2D eigenvalue weighted by molar-refractivity contribution is 7.09. The molecule has 0 aliphatic carbocycles. The Morgan fingerprint density at radius 1 is 1.08 bits per heavy atom. The van der Waals surface area contributed by atoms with Gasteiger partial charge in [-0.1, -0.05) is 12.1 Å². The van der Waals surface area contributed by atoms with E-state index in [0.717, 1.165) is 5.69 Å². The van der Waals surface area contributed by atoms with Crippen molar-refractivity contribution in [1.82, 2.24) is 9.69 Å². The number of aromatic nitrogens is 1. The Labute approximate surface area is 211 Å². The van der Waals surface area contributed by atoms with Gasteiger partial charge in [0.2, 0.25) is 5.91 Å². The first-order valence-electron chi connectivity index (χ1n) is 10.8. The van der Waals surface area contributed by atoms with Crippen molar-refractivity contribution >= 4 is 46.3 Å². The number of amides is 3. The number of nitrogens with two attached hydrogens (primary N) is 2. The molecule has 10 nitrogen and oxygen atoms in total. The molecule has 3 amide bonds. The van der Waals surface area contributed by atoms with E-state index >= 15 is 0 Å². The standard InChI is InChI=1S/C24H27FN6O4S/c1-30(2)16-8-4-14(5-9-16)20(23(33)28-12-13-35-3)31(17-10-6-15(25)7-11-17)24(34)21-18(26)19(22(27)32)29-36-21/h4-11,20H,12-13,26H2,1-3H3,(H2,27,32)(H,28,33). The summed E-state index contributed by atoms with van der Waals surface area (Å²) in [5, 5.41) is 2.77. The van der Waals surface area contributed by atoms with Gasteiger partial charge in [0.05, 0.1) is 12.3 Å². The number of methoxy groups -OCH3 is 1. The Hall–Kier alpha value is -4.03. The molecule has 0 aliphatic rings. The van der Waals surface area contributed by atoms with Crippen LogP contribution in [-0.4, -0.2) is 56.5 Å². The van der Waals surface area contributed by atoms with Crippen molar-refractivity contribution in [2.24, 2.45) is 5.73 Å². The van der Waals surface area contributed by atoms with Gasteiger partial charge in [0, 0.05) is 39.1 Å². The SMILES string of the molecule is COCCNC(=O)C(c1ccc(N(C)C)cc1)N(C(=O)c1snc(C(N)=O)c1N)c1ccc(F)cc1. The molecular weight excluding hydrogens is 487 g/mol. The van der Waals surface area contributed by atoms with Gasteiger partial charge in [-0.05, 0) is 53.5 Å². The molecule has 1 aromatic heterocycles. The smallest absolute Gasteiger partial charge is 0.273 e. The van der Waals surface area contributed by atoms with Gasteiger partial charge >= 0.3 is 0 Å². The first-order valence-corrected chi connectivity index (χ1v) is 11.6. The molecule has 190 valence electrons. The second-order valence-corrected chi connectivity index (χ2v) is 8.74. The third-order valence-electron chi connectivity index (χ3n) is 5.32. The molecule has 3 aromatic rings. The van der Waals surface area contributed by atoms with Crippen LogP contribution in [-0.2, 0) is 9.53 Å². The summed E-state index contributed by atoms with van der Waals surface area (Å²) in [7, 11) is 5.25. The molecule has 5 N–H and O–H groups in total. The largest absolute Gasteiger partial charge is 0.395 e. The van der Waals surface area contributed by atoms with Gasteiger partial charge in [-0.15, -0.1) is 0 Å². The highest BCUT2D eigenvalue weighted by Crippen LogP contribution is 2.33. The molecule has 1 atom stereocenters. The van der Waals surface area contributed by atoms with Crippen molar-refractivity contribution in [3.8, 4) is 0 Å². The number of hydrogen-bond donors (Lipinski definition) is 3. The van der Waals surface area contributed by atoms with Gasteiger partial charge < -0.3 is 26.4 Å². The molecule has 1 heterocycles. The molecule has 0 saturated heterocycles. The number of anilines is 3. The second kappa shape index (κ2) is 11.6. The molecule has 0 spiro atoms. The van der Waals surface area contributed by atoms with Gasteiger partial charge in [0.1, 0.15) is 16.7 Å². The number of hydrogen-bond acceptors (Lipinski definition) is 8. The summed E-state index contributed by atoms with van der Waals surface area (Å²) in [6.07, 6.45) is 0. The monoisotopic (exact) mass is 514 g/mol. The summed E-state index contributed by atoms with van der Waals surface area (Å²) >= 11 is 0.691. The lowest BCUT2D eigenvalue weighted by Gasteiger charge is -2.31. The minimum absolute atomic E-state index is 0.0762. The number of primary amides is 1. The molecule has 12 heteroatoms. The van der Waals surface area contributed by atoms with Crippen LogP contribution in [0.4, 0.5) is 21.5 Å². The van der Waals surface area contributed by atoms with Gasteiger partial charge in [0.25, 0.3) is 11.8 Å². The van der Waals surface area contributed by atoms with Crippen LogP contribution in [0.2, 0.25) is 0 Å². The number of nitrogens with one attached hydrogen (secondary N) is 1. The van der Waals surface area contributed by atoms with E-state index in [1.165, 1.54) is 36.3 Å². The van der Waals surface area contributed by atoms with Crippen LogP contribution in [0.25, 0.3) is 0 Å². The third-order valence-corrected chi connectivity index (χ3v) is 6.17. The molecule has 2 aromatic carbocycles. The predicted molar refractivity (Wildman–Crippen MR) is 137 cm³/mol. The Kier molecular flexibility index (Phi) is 8.56. The summed E-state index contributed by atoms with van der Waals surface area (Å²) < 4.78 is 22.7. The van der Waals surface area contributed by atoms with Crippen LogP contribution >= 0.6 is 11.5 Å². The lowest BCUT2D eigenvalue weighted by Crippen LogP contribution is -2.44. The first kappa shape index (κ1) is 26.6. The molecular formula is C24H27FN6O4S. The molecule has 0 fully saturated rings. The maximum Gasteiger partial charge on any atom is 0.273 e. The van der Waals surface area contributed by atoms with Gasteiger partial charge in [0.15, 0.2) is 5.69 Å². The fourth-order valence-electron chi connectivity index (χ4n) is 3.47. The number of halogens is 1. The van der Waals surface area contributed by atoms with Crippen molar-refractivity contribution in [2.75, 3.05) is 49.9 Å². The molecule has 1 unspecified atom stereocenters. The second-order valence-electron chi connectivity index (χ2n) is 7.96. The third kappa shape index (κ3) is 5.78. The lowest BCUT2D eigenvalue weighted by atomic mass is 10.0. The molecule has 0 radical (unpaired) electrons. The number of carbonyl (C=O) groups is 3. The van der Waals surface area contributed by atoms with Gasteiger partial charge in [-0.25, -0.2) is 4.39 Å².